The predicted octanol–water partition coefficient (Wildman–Crippen LogP) is -0.452. The number of halogens is 1. The van der Waals surface area contributed by atoms with Crippen molar-refractivity contribution >= 4 is 31.5 Å². The molecule has 0 atom stereocenters. The summed E-state index contributed by atoms with van der Waals surface area (Å²) in [5.41, 5.74) is 0. The first-order chi connectivity index (χ1) is 7.73. The zero-order chi connectivity index (χ0) is 13.5. The lowest BCUT2D eigenvalue weighted by Gasteiger charge is -2.20. The summed E-state index contributed by atoms with van der Waals surface area (Å²) in [4.78, 5) is 0. The number of methoxy groups -OCH3 is 1. The molecule has 0 aromatic carbocycles. The van der Waals surface area contributed by atoms with Gasteiger partial charge in [-0.25, -0.2) is 16.8 Å². The molecule has 6 nitrogen and oxygen atoms in total. The van der Waals surface area contributed by atoms with E-state index in [9.17, 15) is 16.8 Å². The Morgan fingerprint density at radius 1 is 1.12 bits per heavy atom. The maximum atomic E-state index is 11.8. The lowest BCUT2D eigenvalue weighted by Crippen LogP contribution is -2.38. The van der Waals surface area contributed by atoms with E-state index in [0.717, 1.165) is 10.6 Å². The Labute approximate surface area is 108 Å². The van der Waals surface area contributed by atoms with E-state index in [1.54, 1.807) is 0 Å². The summed E-state index contributed by atoms with van der Waals surface area (Å²) in [6, 6.07) is 0. The maximum Gasteiger partial charge on any atom is 0.215 e. The van der Waals surface area contributed by atoms with Crippen molar-refractivity contribution in [1.82, 2.24) is 4.31 Å². The van der Waals surface area contributed by atoms with Gasteiger partial charge >= 0.3 is 0 Å². The molecular formula is C8H18ClNO5S2. The molecular weight excluding hydrogens is 290 g/mol. The number of sulfone groups is 1. The van der Waals surface area contributed by atoms with Crippen LogP contribution in [-0.4, -0.2) is 71.6 Å². The fraction of sp³-hybridized carbons (Fsp3) is 1.00. The maximum absolute atomic E-state index is 11.8. The first-order valence-electron chi connectivity index (χ1n) is 4.93. The second-order valence-electron chi connectivity index (χ2n) is 3.53. The van der Waals surface area contributed by atoms with Crippen LogP contribution in [0.25, 0.3) is 0 Å². The van der Waals surface area contributed by atoms with E-state index in [2.05, 4.69) is 0 Å². The summed E-state index contributed by atoms with van der Waals surface area (Å²) in [7, 11) is -5.44. The molecule has 0 aromatic rings. The largest absolute Gasteiger partial charge is 0.383 e. The molecule has 0 N–H and O–H groups in total. The highest BCUT2D eigenvalue weighted by atomic mass is 35.5. The number of alkyl halides is 1. The van der Waals surface area contributed by atoms with E-state index in [0.29, 0.717) is 0 Å². The lowest BCUT2D eigenvalue weighted by molar-refractivity contribution is 0.180. The van der Waals surface area contributed by atoms with E-state index in [1.165, 1.54) is 7.11 Å². The van der Waals surface area contributed by atoms with Gasteiger partial charge < -0.3 is 4.74 Å². The molecule has 0 fully saturated rings. The third-order valence-electron chi connectivity index (χ3n) is 1.98. The summed E-state index contributed by atoms with van der Waals surface area (Å²) < 4.78 is 51.5. The smallest absolute Gasteiger partial charge is 0.215 e. The fourth-order valence-electron chi connectivity index (χ4n) is 1.06. The van der Waals surface area contributed by atoms with Crippen molar-refractivity contribution in [1.29, 1.82) is 0 Å². The van der Waals surface area contributed by atoms with Gasteiger partial charge in [0.25, 0.3) is 0 Å². The monoisotopic (exact) mass is 307 g/mol. The molecule has 0 bridgehead atoms. The van der Waals surface area contributed by atoms with Crippen molar-refractivity contribution in [3.05, 3.63) is 0 Å². The first-order valence-corrected chi connectivity index (χ1v) is 9.14. The topological polar surface area (TPSA) is 80.8 Å². The molecule has 0 aliphatic heterocycles. The van der Waals surface area contributed by atoms with Crippen molar-refractivity contribution in [2.24, 2.45) is 0 Å². The van der Waals surface area contributed by atoms with Gasteiger partial charge in [0.1, 0.15) is 9.84 Å². The quantitative estimate of drug-likeness (QED) is 0.539. The fourth-order valence-corrected chi connectivity index (χ4v) is 4.40. The van der Waals surface area contributed by atoms with Crippen LogP contribution in [0.2, 0.25) is 0 Å². The molecule has 0 aliphatic carbocycles. The van der Waals surface area contributed by atoms with Gasteiger partial charge in [0.05, 0.1) is 18.1 Å². The number of ether oxygens (including phenoxy) is 1. The molecule has 0 saturated carbocycles. The number of hydrogen-bond acceptors (Lipinski definition) is 5. The van der Waals surface area contributed by atoms with Crippen LogP contribution in [0, 0.1) is 0 Å². The van der Waals surface area contributed by atoms with Crippen LogP contribution in [-0.2, 0) is 24.6 Å². The van der Waals surface area contributed by atoms with Crippen molar-refractivity contribution in [3.8, 4) is 0 Å². The van der Waals surface area contributed by atoms with Crippen LogP contribution >= 0.6 is 11.6 Å². The number of nitrogens with zero attached hydrogens (tertiary/aromatic N) is 1. The zero-order valence-corrected chi connectivity index (χ0v) is 12.3. The Kier molecular flexibility index (Phi) is 7.57. The van der Waals surface area contributed by atoms with E-state index in [-0.39, 0.29) is 31.3 Å². The summed E-state index contributed by atoms with van der Waals surface area (Å²) in [6.07, 6.45) is 1.00. The number of sulfonamides is 1. The Morgan fingerprint density at radius 2 is 1.71 bits per heavy atom. The number of rotatable bonds is 9. The van der Waals surface area contributed by atoms with Gasteiger partial charge in [0.2, 0.25) is 10.0 Å². The highest BCUT2D eigenvalue weighted by molar-refractivity contribution is 7.93. The summed E-state index contributed by atoms with van der Waals surface area (Å²) >= 11 is 5.51. The van der Waals surface area contributed by atoms with Gasteiger partial charge in [-0.3, -0.25) is 0 Å². The standard InChI is InChI=1S/C8H18ClNO5S2/c1-15-6-5-10(4-3-9)17(13,14)8-7-16(2,11)12/h3-8H2,1-2H3. The van der Waals surface area contributed by atoms with Crippen molar-refractivity contribution < 1.29 is 21.6 Å². The van der Waals surface area contributed by atoms with Gasteiger partial charge in [-0.1, -0.05) is 0 Å². The Hall–Kier alpha value is 0.110. The molecule has 0 rings (SSSR count). The third kappa shape index (κ3) is 7.93. The summed E-state index contributed by atoms with van der Waals surface area (Å²) in [5.74, 6) is -0.657. The van der Waals surface area contributed by atoms with Crippen molar-refractivity contribution in [2.45, 2.75) is 0 Å². The van der Waals surface area contributed by atoms with E-state index >= 15 is 0 Å². The van der Waals surface area contributed by atoms with Gasteiger partial charge in [0.15, 0.2) is 0 Å². The van der Waals surface area contributed by atoms with Crippen LogP contribution in [0.15, 0.2) is 0 Å². The van der Waals surface area contributed by atoms with Crippen LogP contribution in [0.1, 0.15) is 0 Å². The van der Waals surface area contributed by atoms with E-state index in [4.69, 9.17) is 16.3 Å². The van der Waals surface area contributed by atoms with Gasteiger partial charge in [0, 0.05) is 32.3 Å². The molecule has 0 aliphatic rings. The van der Waals surface area contributed by atoms with Crippen molar-refractivity contribution in [2.75, 3.05) is 50.4 Å². The molecule has 17 heavy (non-hydrogen) atoms. The molecule has 0 saturated heterocycles. The second-order valence-corrected chi connectivity index (χ2v) is 8.25. The molecule has 0 spiro atoms. The zero-order valence-electron chi connectivity index (χ0n) is 9.93. The Bertz CT molecular complexity index is 406. The number of hydrogen-bond donors (Lipinski definition) is 0. The minimum absolute atomic E-state index is 0.150. The Morgan fingerprint density at radius 3 is 2.12 bits per heavy atom. The highest BCUT2D eigenvalue weighted by Gasteiger charge is 2.22. The minimum Gasteiger partial charge on any atom is -0.383 e. The van der Waals surface area contributed by atoms with Crippen LogP contribution in [0.5, 0.6) is 0 Å². The molecule has 104 valence electrons. The lowest BCUT2D eigenvalue weighted by atomic mass is 10.6. The molecule has 0 aromatic heterocycles. The summed E-state index contributed by atoms with van der Waals surface area (Å²) in [5, 5.41) is 0. The van der Waals surface area contributed by atoms with E-state index in [1.807, 2.05) is 0 Å². The van der Waals surface area contributed by atoms with E-state index < -0.39 is 25.6 Å². The molecule has 0 radical (unpaired) electrons. The van der Waals surface area contributed by atoms with Gasteiger partial charge in [-0.2, -0.15) is 4.31 Å². The van der Waals surface area contributed by atoms with Gasteiger partial charge in [-0.05, 0) is 0 Å². The SMILES string of the molecule is COCCN(CCCl)S(=O)(=O)CCS(C)(=O)=O. The predicted molar refractivity (Wildman–Crippen MR) is 67.7 cm³/mol. The normalized spacial score (nSPS) is 13.2. The molecule has 0 unspecified atom stereocenters. The highest BCUT2D eigenvalue weighted by Crippen LogP contribution is 2.03. The van der Waals surface area contributed by atoms with Gasteiger partial charge in [-0.15, -0.1) is 11.6 Å². The second kappa shape index (κ2) is 7.52. The Balaban J connectivity index is 4.59. The third-order valence-corrected chi connectivity index (χ3v) is 5.23. The van der Waals surface area contributed by atoms with Crippen LogP contribution < -0.4 is 0 Å². The van der Waals surface area contributed by atoms with Crippen molar-refractivity contribution in [3.63, 3.8) is 0 Å². The molecule has 9 heteroatoms. The first kappa shape index (κ1) is 17.1. The average Bonchev–Trinajstić information content (AvgIpc) is 2.20. The molecule has 0 amide bonds. The minimum atomic E-state index is -3.60. The summed E-state index contributed by atoms with van der Waals surface area (Å²) in [6.45, 7) is 0.571. The average molecular weight is 308 g/mol. The molecule has 0 heterocycles. The van der Waals surface area contributed by atoms with Crippen LogP contribution in [0.3, 0.4) is 0 Å². The van der Waals surface area contributed by atoms with Crippen LogP contribution in [0.4, 0.5) is 0 Å².